The summed E-state index contributed by atoms with van der Waals surface area (Å²) in [5.41, 5.74) is 0. The maximum absolute atomic E-state index is 5.40. The lowest BCUT2D eigenvalue weighted by molar-refractivity contribution is -1.07. The summed E-state index contributed by atoms with van der Waals surface area (Å²) in [6.07, 6.45) is 5.40. The molecule has 3 rings (SSSR count). The standard InChI is InChI=1S/C10H18N2/c1-3-4-12-8-5-11(2,6-9-12)7-10-12/h1H,4-10H2,2H3/q+2. The molecule has 0 saturated carbocycles. The van der Waals surface area contributed by atoms with E-state index in [-0.39, 0.29) is 0 Å². The van der Waals surface area contributed by atoms with Crippen LogP contribution in [0.4, 0.5) is 0 Å². The number of likely N-dealkylation sites (N-methyl/N-ethyl adjacent to an activating group) is 1. The van der Waals surface area contributed by atoms with Gasteiger partial charge in [-0.05, 0) is 5.92 Å². The normalized spacial score (nSPS) is 45.7. The van der Waals surface area contributed by atoms with Crippen LogP contribution in [0.25, 0.3) is 0 Å². The smallest absolute Gasteiger partial charge is 0.141 e. The highest BCUT2D eigenvalue weighted by atomic mass is 15.5. The summed E-state index contributed by atoms with van der Waals surface area (Å²) in [7, 11) is 2.38. The summed E-state index contributed by atoms with van der Waals surface area (Å²) in [4.78, 5) is 0. The first-order valence-corrected chi connectivity index (χ1v) is 4.80. The van der Waals surface area contributed by atoms with Gasteiger partial charge in [-0.15, -0.1) is 6.42 Å². The van der Waals surface area contributed by atoms with Gasteiger partial charge in [-0.3, -0.25) is 4.48 Å². The highest BCUT2D eigenvalue weighted by Gasteiger charge is 2.45. The summed E-state index contributed by atoms with van der Waals surface area (Å²) in [5, 5.41) is 0. The maximum Gasteiger partial charge on any atom is 0.141 e. The summed E-state index contributed by atoms with van der Waals surface area (Å²) in [5.74, 6) is 2.83. The van der Waals surface area contributed by atoms with E-state index in [0.29, 0.717) is 0 Å². The van der Waals surface area contributed by atoms with Crippen molar-refractivity contribution in [3.63, 3.8) is 0 Å². The van der Waals surface area contributed by atoms with E-state index in [1.54, 1.807) is 0 Å². The summed E-state index contributed by atoms with van der Waals surface area (Å²) in [6.45, 7) is 8.88. The highest BCUT2D eigenvalue weighted by molar-refractivity contribution is 4.84. The first-order valence-electron chi connectivity index (χ1n) is 4.80. The average Bonchev–Trinajstić information content (AvgIpc) is 2.08. The predicted octanol–water partition coefficient (Wildman–Crippen LogP) is -0.0898. The Hall–Kier alpha value is -0.520. The van der Waals surface area contributed by atoms with Crippen molar-refractivity contribution in [1.29, 1.82) is 0 Å². The lowest BCUT2D eigenvalue weighted by Crippen LogP contribution is -2.73. The fraction of sp³-hybridized carbons (Fsp3) is 0.800. The van der Waals surface area contributed by atoms with Crippen molar-refractivity contribution in [2.24, 2.45) is 0 Å². The van der Waals surface area contributed by atoms with E-state index in [1.807, 2.05) is 0 Å². The molecule has 0 aromatic heterocycles. The van der Waals surface area contributed by atoms with Crippen LogP contribution in [0, 0.1) is 12.3 Å². The molecule has 0 spiro atoms. The lowest BCUT2D eigenvalue weighted by atomic mass is 10.1. The molecule has 2 nitrogen and oxygen atoms in total. The number of rotatable bonds is 1. The van der Waals surface area contributed by atoms with Gasteiger partial charge in [0.15, 0.2) is 0 Å². The average molecular weight is 166 g/mol. The molecule has 0 aromatic rings. The first kappa shape index (κ1) is 8.10. The first-order chi connectivity index (χ1) is 5.68. The van der Waals surface area contributed by atoms with Crippen molar-refractivity contribution in [2.75, 3.05) is 52.9 Å². The van der Waals surface area contributed by atoms with Crippen LogP contribution in [0.15, 0.2) is 0 Å². The third-order valence-electron chi connectivity index (χ3n) is 3.77. The van der Waals surface area contributed by atoms with Gasteiger partial charge in [0.1, 0.15) is 45.8 Å². The van der Waals surface area contributed by atoms with Crippen molar-refractivity contribution < 1.29 is 8.97 Å². The lowest BCUT2D eigenvalue weighted by Gasteiger charge is -2.53. The number of quaternary nitrogens is 2. The Morgan fingerprint density at radius 2 is 1.58 bits per heavy atom. The second-order valence-corrected chi connectivity index (χ2v) is 4.67. The molecule has 3 aliphatic heterocycles. The van der Waals surface area contributed by atoms with E-state index in [9.17, 15) is 0 Å². The van der Waals surface area contributed by atoms with E-state index in [1.165, 1.54) is 48.2 Å². The Morgan fingerprint density at radius 1 is 1.08 bits per heavy atom. The van der Waals surface area contributed by atoms with Crippen LogP contribution in [0.1, 0.15) is 0 Å². The predicted molar refractivity (Wildman–Crippen MR) is 49.3 cm³/mol. The van der Waals surface area contributed by atoms with E-state index in [0.717, 1.165) is 6.54 Å². The van der Waals surface area contributed by atoms with Crippen molar-refractivity contribution in [1.82, 2.24) is 0 Å². The summed E-state index contributed by atoms with van der Waals surface area (Å²) >= 11 is 0. The van der Waals surface area contributed by atoms with Crippen molar-refractivity contribution in [2.45, 2.75) is 0 Å². The van der Waals surface area contributed by atoms with E-state index in [2.05, 4.69) is 13.0 Å². The Labute approximate surface area is 75.0 Å². The van der Waals surface area contributed by atoms with Crippen molar-refractivity contribution in [3.8, 4) is 12.3 Å². The molecule has 0 aliphatic carbocycles. The number of fused-ring (bicyclic) bond motifs is 3. The minimum Gasteiger partial charge on any atom is -0.312 e. The summed E-state index contributed by atoms with van der Waals surface area (Å²) in [6, 6.07) is 0. The van der Waals surface area contributed by atoms with Gasteiger partial charge >= 0.3 is 0 Å². The van der Waals surface area contributed by atoms with Crippen LogP contribution in [-0.4, -0.2) is 61.8 Å². The van der Waals surface area contributed by atoms with Crippen molar-refractivity contribution in [3.05, 3.63) is 0 Å². The van der Waals surface area contributed by atoms with Gasteiger partial charge in [-0.25, -0.2) is 0 Å². The molecular formula is C10H18N2+2. The summed E-state index contributed by atoms with van der Waals surface area (Å²) < 4.78 is 2.51. The molecule has 66 valence electrons. The zero-order valence-corrected chi connectivity index (χ0v) is 7.92. The minimum atomic E-state index is 0.958. The molecule has 0 unspecified atom stereocenters. The highest BCUT2D eigenvalue weighted by Crippen LogP contribution is 2.23. The van der Waals surface area contributed by atoms with Gasteiger partial charge in [0.05, 0.1) is 7.05 Å². The molecule has 0 aromatic carbocycles. The molecule has 2 bridgehead atoms. The van der Waals surface area contributed by atoms with Crippen LogP contribution in [-0.2, 0) is 0 Å². The van der Waals surface area contributed by atoms with Gasteiger partial charge in [0.2, 0.25) is 0 Å². The monoisotopic (exact) mass is 166 g/mol. The quantitative estimate of drug-likeness (QED) is 0.377. The number of piperazine rings is 3. The van der Waals surface area contributed by atoms with Gasteiger partial charge < -0.3 is 4.48 Å². The SMILES string of the molecule is C#CC[N+]12CC[N+](C)(CC1)CC2. The van der Waals surface area contributed by atoms with E-state index >= 15 is 0 Å². The molecule has 3 fully saturated rings. The zero-order valence-electron chi connectivity index (χ0n) is 7.92. The number of hydrogen-bond acceptors (Lipinski definition) is 0. The second kappa shape index (κ2) is 2.48. The van der Waals surface area contributed by atoms with Crippen LogP contribution in [0.5, 0.6) is 0 Å². The fourth-order valence-electron chi connectivity index (χ4n) is 2.46. The molecule has 2 heteroatoms. The number of terminal acetylenes is 1. The minimum absolute atomic E-state index is 0.958. The fourth-order valence-corrected chi connectivity index (χ4v) is 2.46. The van der Waals surface area contributed by atoms with Crippen LogP contribution in [0.3, 0.4) is 0 Å². The topological polar surface area (TPSA) is 0 Å². The molecule has 3 heterocycles. The Bertz CT molecular complexity index is 202. The maximum atomic E-state index is 5.40. The van der Waals surface area contributed by atoms with Crippen LogP contribution < -0.4 is 0 Å². The van der Waals surface area contributed by atoms with Gasteiger partial charge in [0.25, 0.3) is 0 Å². The molecule has 0 radical (unpaired) electrons. The molecule has 0 N–H and O–H groups in total. The number of hydrogen-bond donors (Lipinski definition) is 0. The zero-order chi connectivity index (χ0) is 8.66. The van der Waals surface area contributed by atoms with Crippen LogP contribution in [0.2, 0.25) is 0 Å². The Balaban J connectivity index is 2.10. The largest absolute Gasteiger partial charge is 0.312 e. The van der Waals surface area contributed by atoms with E-state index in [4.69, 9.17) is 6.42 Å². The Morgan fingerprint density at radius 3 is 2.00 bits per heavy atom. The molecule has 0 amide bonds. The third kappa shape index (κ3) is 1.14. The number of nitrogens with zero attached hydrogens (tertiary/aromatic N) is 2. The molecule has 12 heavy (non-hydrogen) atoms. The molecule has 3 aliphatic rings. The van der Waals surface area contributed by atoms with Gasteiger partial charge in [-0.2, -0.15) is 0 Å². The molecule has 3 saturated heterocycles. The third-order valence-corrected chi connectivity index (χ3v) is 3.77. The van der Waals surface area contributed by atoms with Crippen LogP contribution >= 0.6 is 0 Å². The Kier molecular flexibility index (Phi) is 1.67. The molecule has 0 atom stereocenters. The van der Waals surface area contributed by atoms with Gasteiger partial charge in [-0.1, -0.05) is 0 Å². The molecular weight excluding hydrogens is 148 g/mol. The van der Waals surface area contributed by atoms with E-state index < -0.39 is 0 Å². The van der Waals surface area contributed by atoms with Crippen molar-refractivity contribution >= 4 is 0 Å². The van der Waals surface area contributed by atoms with Gasteiger partial charge in [0, 0.05) is 0 Å². The second-order valence-electron chi connectivity index (χ2n) is 4.67.